The van der Waals surface area contributed by atoms with Crippen LogP contribution in [0.4, 0.5) is 30.7 Å². The minimum atomic E-state index is -5.10. The van der Waals surface area contributed by atoms with Gasteiger partial charge < -0.3 is 30.0 Å². The first-order chi connectivity index (χ1) is 20.6. The van der Waals surface area contributed by atoms with E-state index in [2.05, 4.69) is 20.0 Å². The predicted octanol–water partition coefficient (Wildman–Crippen LogP) is 5.06. The lowest BCUT2D eigenvalue weighted by Crippen LogP contribution is -2.52. The first-order valence-electron chi connectivity index (χ1n) is 13.0. The van der Waals surface area contributed by atoms with E-state index in [4.69, 9.17) is 14.9 Å². The quantitative estimate of drug-likeness (QED) is 0.243. The van der Waals surface area contributed by atoms with Gasteiger partial charge in [-0.05, 0) is 61.2 Å². The number of rotatable bonds is 7. The third-order valence-electron chi connectivity index (χ3n) is 7.63. The number of pyridine rings is 1. The van der Waals surface area contributed by atoms with E-state index in [9.17, 15) is 40.6 Å². The van der Waals surface area contributed by atoms with Crippen molar-refractivity contribution in [2.75, 3.05) is 13.2 Å². The molecule has 44 heavy (non-hydrogen) atoms. The lowest BCUT2D eigenvalue weighted by atomic mass is 9.86. The smallest absolute Gasteiger partial charge is 0.488 e. The maximum absolute atomic E-state index is 14.2. The monoisotopic (exact) mass is 626 g/mol. The number of benzene rings is 2. The van der Waals surface area contributed by atoms with Crippen molar-refractivity contribution in [3.05, 3.63) is 71.5 Å². The van der Waals surface area contributed by atoms with E-state index in [1.165, 1.54) is 12.1 Å². The van der Waals surface area contributed by atoms with Crippen molar-refractivity contribution < 1.29 is 54.5 Å². The number of alkyl halides is 6. The molecule has 3 heterocycles. The first kappa shape index (κ1) is 29.6. The van der Waals surface area contributed by atoms with E-state index in [0.717, 1.165) is 36.7 Å². The van der Waals surface area contributed by atoms with Gasteiger partial charge in [0.2, 0.25) is 0 Å². The maximum Gasteiger partial charge on any atom is 0.573 e. The summed E-state index contributed by atoms with van der Waals surface area (Å²) in [4.78, 5) is 21.2. The van der Waals surface area contributed by atoms with Crippen LogP contribution in [-0.4, -0.2) is 46.7 Å². The highest BCUT2D eigenvalue weighted by atomic mass is 19.4. The molecular formula is C28H21F7N4O5. The Labute approximate surface area is 242 Å². The molecule has 1 saturated carbocycles. The van der Waals surface area contributed by atoms with Crippen LogP contribution in [0.1, 0.15) is 34.5 Å². The molecule has 1 aliphatic heterocycles. The van der Waals surface area contributed by atoms with Crippen molar-refractivity contribution in [3.63, 3.8) is 0 Å². The number of nitrogens with one attached hydrogen (secondary N) is 1. The van der Waals surface area contributed by atoms with E-state index < -0.39 is 65.8 Å². The fraction of sp³-hybridized carbons (Fsp3) is 0.321. The number of fused-ring (bicyclic) bond motifs is 2. The molecule has 0 saturated heterocycles. The van der Waals surface area contributed by atoms with E-state index >= 15 is 0 Å². The SMILES string of the molecule is N[C@@]1(C(F)(F)F)COc2c1cc(C(O)(CNC(=O)c1cc(OC(F)(F)F)c3ncoc3c1)C1CC1)nc2-c1ccc(F)cc1. The lowest BCUT2D eigenvalue weighted by Gasteiger charge is -2.31. The number of aliphatic hydroxyl groups is 1. The number of halogens is 7. The van der Waals surface area contributed by atoms with Gasteiger partial charge in [0.15, 0.2) is 34.5 Å². The Hall–Kier alpha value is -4.44. The third-order valence-corrected chi connectivity index (χ3v) is 7.63. The molecule has 2 aromatic carbocycles. The lowest BCUT2D eigenvalue weighted by molar-refractivity contribution is -0.274. The van der Waals surface area contributed by atoms with Crippen LogP contribution in [0.15, 0.2) is 53.3 Å². The molecule has 6 rings (SSSR count). The molecule has 2 atom stereocenters. The summed E-state index contributed by atoms with van der Waals surface area (Å²) >= 11 is 0. The number of carbonyl (C=O) groups excluding carboxylic acids is 1. The summed E-state index contributed by atoms with van der Waals surface area (Å²) in [5.74, 6) is -3.23. The highest BCUT2D eigenvalue weighted by molar-refractivity contribution is 5.98. The zero-order valence-electron chi connectivity index (χ0n) is 22.2. The van der Waals surface area contributed by atoms with Gasteiger partial charge in [-0.15, -0.1) is 13.2 Å². The van der Waals surface area contributed by atoms with Crippen LogP contribution < -0.4 is 20.5 Å². The topological polar surface area (TPSA) is 133 Å². The van der Waals surface area contributed by atoms with Crippen molar-refractivity contribution in [1.82, 2.24) is 15.3 Å². The van der Waals surface area contributed by atoms with Gasteiger partial charge in [0.25, 0.3) is 5.91 Å². The van der Waals surface area contributed by atoms with E-state index in [0.29, 0.717) is 12.8 Å². The second-order valence-electron chi connectivity index (χ2n) is 10.6. The molecule has 1 aliphatic carbocycles. The Morgan fingerprint density at radius 2 is 1.82 bits per heavy atom. The van der Waals surface area contributed by atoms with Crippen molar-refractivity contribution in [2.45, 2.75) is 36.5 Å². The van der Waals surface area contributed by atoms with Gasteiger partial charge in [-0.25, -0.2) is 14.4 Å². The average molecular weight is 626 g/mol. The number of nitrogens with zero attached hydrogens (tertiary/aromatic N) is 2. The summed E-state index contributed by atoms with van der Waals surface area (Å²) < 4.78 is 110. The van der Waals surface area contributed by atoms with Crippen LogP contribution in [0, 0.1) is 11.7 Å². The van der Waals surface area contributed by atoms with Crippen molar-refractivity contribution in [2.24, 2.45) is 11.7 Å². The minimum Gasteiger partial charge on any atom is -0.488 e. The van der Waals surface area contributed by atoms with E-state index in [1.54, 1.807) is 0 Å². The van der Waals surface area contributed by atoms with Gasteiger partial charge in [-0.3, -0.25) is 4.79 Å². The zero-order chi connectivity index (χ0) is 31.7. The summed E-state index contributed by atoms with van der Waals surface area (Å²) in [6.07, 6.45) is -8.37. The summed E-state index contributed by atoms with van der Waals surface area (Å²) in [5, 5.41) is 14.3. The second kappa shape index (κ2) is 10.1. The number of ether oxygens (including phenoxy) is 2. The maximum atomic E-state index is 14.2. The van der Waals surface area contributed by atoms with Crippen LogP contribution in [0.2, 0.25) is 0 Å². The fourth-order valence-corrected chi connectivity index (χ4v) is 5.13. The third kappa shape index (κ3) is 5.17. The number of nitrogens with two attached hydrogens (primary N) is 1. The summed E-state index contributed by atoms with van der Waals surface area (Å²) in [7, 11) is 0. The molecule has 9 nitrogen and oxygen atoms in total. The number of hydrogen-bond acceptors (Lipinski definition) is 8. The zero-order valence-corrected chi connectivity index (χ0v) is 22.2. The predicted molar refractivity (Wildman–Crippen MR) is 137 cm³/mol. The Morgan fingerprint density at radius 3 is 2.45 bits per heavy atom. The second-order valence-corrected chi connectivity index (χ2v) is 10.6. The fourth-order valence-electron chi connectivity index (χ4n) is 5.13. The molecule has 232 valence electrons. The highest BCUT2D eigenvalue weighted by Crippen LogP contribution is 2.52. The van der Waals surface area contributed by atoms with Gasteiger partial charge in [-0.1, -0.05) is 0 Å². The number of amides is 1. The molecule has 1 unspecified atom stereocenters. The van der Waals surface area contributed by atoms with Crippen molar-refractivity contribution >= 4 is 17.0 Å². The highest BCUT2D eigenvalue weighted by Gasteiger charge is 2.59. The molecule has 0 radical (unpaired) electrons. The van der Waals surface area contributed by atoms with E-state index in [1.807, 2.05) is 0 Å². The molecule has 4 aromatic rings. The van der Waals surface area contributed by atoms with Gasteiger partial charge >= 0.3 is 12.5 Å². The minimum absolute atomic E-state index is 0.135. The molecule has 2 aromatic heterocycles. The van der Waals surface area contributed by atoms with Crippen molar-refractivity contribution in [3.8, 4) is 22.8 Å². The van der Waals surface area contributed by atoms with Gasteiger partial charge in [-0.2, -0.15) is 13.2 Å². The van der Waals surface area contributed by atoms with Crippen LogP contribution in [0.3, 0.4) is 0 Å². The van der Waals surface area contributed by atoms with Crippen LogP contribution >= 0.6 is 0 Å². The molecule has 2 aliphatic rings. The van der Waals surface area contributed by atoms with Gasteiger partial charge in [0.05, 0.1) is 12.2 Å². The Balaban J connectivity index is 1.39. The van der Waals surface area contributed by atoms with Gasteiger partial charge in [0, 0.05) is 16.7 Å². The Morgan fingerprint density at radius 1 is 1.11 bits per heavy atom. The summed E-state index contributed by atoms with van der Waals surface area (Å²) in [6.45, 7) is -1.57. The molecule has 1 fully saturated rings. The van der Waals surface area contributed by atoms with Crippen molar-refractivity contribution in [1.29, 1.82) is 0 Å². The summed E-state index contributed by atoms with van der Waals surface area (Å²) in [6, 6.07) is 7.55. The van der Waals surface area contributed by atoms with Crippen LogP contribution in [-0.2, 0) is 11.1 Å². The van der Waals surface area contributed by atoms with Crippen LogP contribution in [0.5, 0.6) is 11.5 Å². The Kier molecular flexibility index (Phi) is 6.77. The standard InChI is InChI=1S/C28H21F7N4O5/c29-16-5-1-13(2-6-16)21-23-17(26(36,11-42-23)27(30,31)32)9-20(39-21)25(41,15-3-4-15)10-37-24(40)14-7-18-22(38-12-43-18)19(8-14)44-28(33,34)35/h1-2,5-9,12,15,41H,3-4,10-11,36H2,(H,37,40)/t25?,26-/m0/s1. The Bertz CT molecular complexity index is 1750. The van der Waals surface area contributed by atoms with Gasteiger partial charge in [0.1, 0.15) is 23.7 Å². The first-order valence-corrected chi connectivity index (χ1v) is 13.0. The molecule has 0 spiro atoms. The molecule has 16 heteroatoms. The van der Waals surface area contributed by atoms with Crippen LogP contribution in [0.25, 0.3) is 22.4 Å². The number of oxazole rings is 1. The average Bonchev–Trinajstić information content (AvgIpc) is 3.60. The van der Waals surface area contributed by atoms with E-state index in [-0.39, 0.29) is 39.4 Å². The number of aromatic nitrogens is 2. The molecule has 1 amide bonds. The molecular weight excluding hydrogens is 605 g/mol. The largest absolute Gasteiger partial charge is 0.573 e. The number of hydrogen-bond donors (Lipinski definition) is 3. The molecule has 4 N–H and O–H groups in total. The number of carbonyl (C=O) groups is 1. The normalized spacial score (nSPS) is 19.8. The molecule has 0 bridgehead atoms. The summed E-state index contributed by atoms with van der Waals surface area (Å²) in [5.41, 5.74) is -0.752.